The Balaban J connectivity index is 1.58. The highest BCUT2D eigenvalue weighted by Gasteiger charge is 2.25. The Bertz CT molecular complexity index is 600. The minimum absolute atomic E-state index is 0.0174. The predicted octanol–water partition coefficient (Wildman–Crippen LogP) is 3.22. The van der Waals surface area contributed by atoms with Crippen LogP contribution in [0.5, 0.6) is 0 Å². The first-order chi connectivity index (χ1) is 12.0. The first-order valence-corrected chi connectivity index (χ1v) is 9.34. The number of carbonyl (C=O) groups is 2. The minimum atomic E-state index is -0.0877. The number of pyridine rings is 1. The quantitative estimate of drug-likeness (QED) is 0.896. The van der Waals surface area contributed by atoms with Crippen molar-refractivity contribution >= 4 is 17.6 Å². The molecule has 0 radical (unpaired) electrons. The second-order valence-electron chi connectivity index (χ2n) is 7.57. The molecular weight excluding hydrogens is 316 g/mol. The molecule has 2 aliphatic rings. The van der Waals surface area contributed by atoms with E-state index in [9.17, 15) is 9.59 Å². The van der Waals surface area contributed by atoms with Crippen LogP contribution in [0.2, 0.25) is 0 Å². The summed E-state index contributed by atoms with van der Waals surface area (Å²) in [6.45, 7) is 7.55. The van der Waals surface area contributed by atoms with Gasteiger partial charge >= 0.3 is 6.03 Å². The maximum Gasteiger partial charge on any atom is 0.321 e. The Kier molecular flexibility index (Phi) is 5.56. The van der Waals surface area contributed by atoms with E-state index in [2.05, 4.69) is 24.1 Å². The molecule has 2 saturated heterocycles. The molecule has 2 atom stereocenters. The zero-order chi connectivity index (χ0) is 17.8. The van der Waals surface area contributed by atoms with Gasteiger partial charge in [0.25, 0.3) is 5.91 Å². The van der Waals surface area contributed by atoms with Crippen LogP contribution in [-0.2, 0) is 0 Å². The van der Waals surface area contributed by atoms with E-state index in [0.29, 0.717) is 23.2 Å². The first-order valence-electron chi connectivity index (χ1n) is 9.34. The smallest absolute Gasteiger partial charge is 0.321 e. The van der Waals surface area contributed by atoms with Crippen LogP contribution in [0.1, 0.15) is 50.0 Å². The molecule has 2 unspecified atom stereocenters. The molecule has 0 bridgehead atoms. The third-order valence-corrected chi connectivity index (χ3v) is 5.03. The molecule has 25 heavy (non-hydrogen) atoms. The van der Waals surface area contributed by atoms with Crippen molar-refractivity contribution in [2.75, 3.05) is 31.5 Å². The van der Waals surface area contributed by atoms with Crippen molar-refractivity contribution in [3.63, 3.8) is 0 Å². The second kappa shape index (κ2) is 7.85. The van der Waals surface area contributed by atoms with Crippen LogP contribution in [-0.4, -0.2) is 52.9 Å². The van der Waals surface area contributed by atoms with E-state index >= 15 is 0 Å². The highest BCUT2D eigenvalue weighted by Crippen LogP contribution is 2.21. The molecule has 0 saturated carbocycles. The fourth-order valence-electron chi connectivity index (χ4n) is 3.88. The molecule has 1 aromatic heterocycles. The Morgan fingerprint density at radius 3 is 2.32 bits per heavy atom. The van der Waals surface area contributed by atoms with Gasteiger partial charge < -0.3 is 15.1 Å². The van der Waals surface area contributed by atoms with E-state index in [0.717, 1.165) is 39.0 Å². The molecule has 136 valence electrons. The Morgan fingerprint density at radius 1 is 1.04 bits per heavy atom. The standard InChI is InChI=1S/C19H28N4O2/c1-14-10-15(2)13-23(12-14)19(25)21-16-6-7-17(20-11-16)18(24)22-8-4-3-5-9-22/h6-7,11,14-15H,3-5,8-10,12-13H2,1-2H3,(H,21,25). The second-order valence-corrected chi connectivity index (χ2v) is 7.57. The van der Waals surface area contributed by atoms with Gasteiger partial charge in [0.15, 0.2) is 0 Å². The largest absolute Gasteiger partial charge is 0.337 e. The topological polar surface area (TPSA) is 65.5 Å². The molecule has 0 aromatic carbocycles. The monoisotopic (exact) mass is 344 g/mol. The van der Waals surface area contributed by atoms with Gasteiger partial charge in [-0.3, -0.25) is 4.79 Å². The summed E-state index contributed by atoms with van der Waals surface area (Å²) in [6.07, 6.45) is 6.06. The number of piperidine rings is 2. The average molecular weight is 344 g/mol. The van der Waals surface area contributed by atoms with Crippen molar-refractivity contribution < 1.29 is 9.59 Å². The van der Waals surface area contributed by atoms with Crippen LogP contribution >= 0.6 is 0 Å². The van der Waals surface area contributed by atoms with Crippen LogP contribution in [0.25, 0.3) is 0 Å². The summed E-state index contributed by atoms with van der Waals surface area (Å²) in [5, 5.41) is 2.90. The van der Waals surface area contributed by atoms with Crippen molar-refractivity contribution in [2.24, 2.45) is 11.8 Å². The Labute approximate surface area is 149 Å². The molecule has 2 aliphatic heterocycles. The van der Waals surface area contributed by atoms with Gasteiger partial charge in [0.2, 0.25) is 0 Å². The maximum absolute atomic E-state index is 12.4. The maximum atomic E-state index is 12.4. The third-order valence-electron chi connectivity index (χ3n) is 5.03. The highest BCUT2D eigenvalue weighted by molar-refractivity contribution is 5.93. The number of likely N-dealkylation sites (tertiary alicyclic amines) is 2. The number of aromatic nitrogens is 1. The lowest BCUT2D eigenvalue weighted by atomic mass is 9.92. The van der Waals surface area contributed by atoms with Gasteiger partial charge in [-0.1, -0.05) is 13.8 Å². The lowest BCUT2D eigenvalue weighted by Gasteiger charge is -2.34. The van der Waals surface area contributed by atoms with Crippen LogP contribution in [0.3, 0.4) is 0 Å². The Morgan fingerprint density at radius 2 is 1.72 bits per heavy atom. The fourth-order valence-corrected chi connectivity index (χ4v) is 3.88. The summed E-state index contributed by atoms with van der Waals surface area (Å²) in [4.78, 5) is 32.8. The van der Waals surface area contributed by atoms with Crippen LogP contribution in [0.4, 0.5) is 10.5 Å². The minimum Gasteiger partial charge on any atom is -0.337 e. The molecule has 2 fully saturated rings. The van der Waals surface area contributed by atoms with E-state index in [-0.39, 0.29) is 11.9 Å². The predicted molar refractivity (Wildman–Crippen MR) is 97.5 cm³/mol. The molecule has 3 rings (SSSR count). The van der Waals surface area contributed by atoms with Crippen molar-refractivity contribution in [2.45, 2.75) is 39.5 Å². The van der Waals surface area contributed by atoms with E-state index in [1.54, 1.807) is 18.3 Å². The van der Waals surface area contributed by atoms with E-state index in [4.69, 9.17) is 0 Å². The molecule has 3 amide bonds. The number of nitrogens with one attached hydrogen (secondary N) is 1. The van der Waals surface area contributed by atoms with Crippen molar-refractivity contribution in [1.29, 1.82) is 0 Å². The van der Waals surface area contributed by atoms with Gasteiger partial charge in [0, 0.05) is 26.2 Å². The zero-order valence-corrected chi connectivity index (χ0v) is 15.2. The van der Waals surface area contributed by atoms with Gasteiger partial charge in [-0.15, -0.1) is 0 Å². The molecule has 6 nitrogen and oxygen atoms in total. The molecule has 0 spiro atoms. The molecular formula is C19H28N4O2. The lowest BCUT2D eigenvalue weighted by molar-refractivity contribution is 0.0718. The summed E-state index contributed by atoms with van der Waals surface area (Å²) in [7, 11) is 0. The number of urea groups is 1. The van der Waals surface area contributed by atoms with E-state index < -0.39 is 0 Å². The number of amides is 3. The van der Waals surface area contributed by atoms with Crippen LogP contribution in [0.15, 0.2) is 18.3 Å². The fraction of sp³-hybridized carbons (Fsp3) is 0.632. The van der Waals surface area contributed by atoms with Crippen molar-refractivity contribution in [1.82, 2.24) is 14.8 Å². The van der Waals surface area contributed by atoms with Gasteiger partial charge in [-0.05, 0) is 49.7 Å². The van der Waals surface area contributed by atoms with Crippen LogP contribution in [0, 0.1) is 11.8 Å². The number of rotatable bonds is 2. The molecule has 0 aliphatic carbocycles. The van der Waals surface area contributed by atoms with Gasteiger partial charge in [0.1, 0.15) is 5.69 Å². The normalized spacial score (nSPS) is 24.1. The highest BCUT2D eigenvalue weighted by atomic mass is 16.2. The lowest BCUT2D eigenvalue weighted by Crippen LogP contribution is -2.44. The summed E-state index contributed by atoms with van der Waals surface area (Å²) in [6, 6.07) is 3.38. The summed E-state index contributed by atoms with van der Waals surface area (Å²) < 4.78 is 0. The van der Waals surface area contributed by atoms with Crippen molar-refractivity contribution in [3.8, 4) is 0 Å². The number of hydrogen-bond acceptors (Lipinski definition) is 3. The summed E-state index contributed by atoms with van der Waals surface area (Å²) >= 11 is 0. The first kappa shape index (κ1) is 17.7. The number of carbonyl (C=O) groups excluding carboxylic acids is 2. The van der Waals surface area contributed by atoms with Crippen molar-refractivity contribution in [3.05, 3.63) is 24.0 Å². The summed E-state index contributed by atoms with van der Waals surface area (Å²) in [5.41, 5.74) is 1.08. The van der Waals surface area contributed by atoms with Crippen LogP contribution < -0.4 is 5.32 Å². The van der Waals surface area contributed by atoms with E-state index in [1.807, 2.05) is 9.80 Å². The number of nitrogens with zero attached hydrogens (tertiary/aromatic N) is 3. The third kappa shape index (κ3) is 4.50. The van der Waals surface area contributed by atoms with Gasteiger partial charge in [-0.2, -0.15) is 0 Å². The SMILES string of the molecule is CC1CC(C)CN(C(=O)Nc2ccc(C(=O)N3CCCCC3)nc2)C1. The van der Waals surface area contributed by atoms with Gasteiger partial charge in [-0.25, -0.2) is 9.78 Å². The molecule has 3 heterocycles. The number of anilines is 1. The molecule has 1 N–H and O–H groups in total. The zero-order valence-electron chi connectivity index (χ0n) is 15.2. The van der Waals surface area contributed by atoms with E-state index in [1.165, 1.54) is 12.8 Å². The number of hydrogen-bond donors (Lipinski definition) is 1. The average Bonchev–Trinajstić information content (AvgIpc) is 2.61. The summed E-state index contributed by atoms with van der Waals surface area (Å²) in [5.74, 6) is 1.03. The molecule has 6 heteroatoms. The Hall–Kier alpha value is -2.11. The van der Waals surface area contributed by atoms with Gasteiger partial charge in [0.05, 0.1) is 11.9 Å². The molecule has 1 aromatic rings.